The first-order valence-electron chi connectivity index (χ1n) is 8.43. The van der Waals surface area contributed by atoms with Crippen LogP contribution in [0.3, 0.4) is 0 Å². The van der Waals surface area contributed by atoms with E-state index in [0.29, 0.717) is 16.3 Å². The van der Waals surface area contributed by atoms with Crippen molar-refractivity contribution in [3.63, 3.8) is 0 Å². The molecule has 0 aliphatic heterocycles. The van der Waals surface area contributed by atoms with Crippen molar-refractivity contribution >= 4 is 17.5 Å². The second-order valence-electron chi connectivity index (χ2n) is 5.90. The molecule has 3 aromatic rings. The van der Waals surface area contributed by atoms with Gasteiger partial charge in [-0.25, -0.2) is 9.18 Å². The van der Waals surface area contributed by atoms with E-state index in [9.17, 15) is 18.8 Å². The lowest BCUT2D eigenvalue weighted by molar-refractivity contribution is 0.0946. The molecule has 1 aromatic heterocycles. The molecule has 2 aromatic carbocycles. The molecule has 0 saturated heterocycles. The maximum atomic E-state index is 13.5. The van der Waals surface area contributed by atoms with Gasteiger partial charge < -0.3 is 5.32 Å². The van der Waals surface area contributed by atoms with Crippen LogP contribution in [-0.4, -0.2) is 26.8 Å². The monoisotopic (exact) mass is 402 g/mol. The minimum Gasteiger partial charge on any atom is -0.351 e. The molecule has 0 bridgehead atoms. The molecule has 1 amide bonds. The predicted molar refractivity (Wildman–Crippen MR) is 103 cm³/mol. The average Bonchev–Trinajstić information content (AvgIpc) is 2.66. The fourth-order valence-corrected chi connectivity index (χ4v) is 2.74. The number of carbonyl (C=O) groups is 1. The zero-order valence-corrected chi connectivity index (χ0v) is 15.6. The van der Waals surface area contributed by atoms with Crippen LogP contribution in [0.25, 0.3) is 5.69 Å². The molecule has 0 spiro atoms. The number of nitrogens with one attached hydrogen (secondary N) is 1. The van der Waals surface area contributed by atoms with Crippen LogP contribution in [0.5, 0.6) is 0 Å². The second-order valence-corrected chi connectivity index (χ2v) is 6.34. The van der Waals surface area contributed by atoms with Crippen molar-refractivity contribution < 1.29 is 9.18 Å². The maximum Gasteiger partial charge on any atom is 0.352 e. The summed E-state index contributed by atoms with van der Waals surface area (Å²) in [5.41, 5.74) is -1.33. The number of rotatable bonds is 5. The first-order chi connectivity index (χ1) is 13.4. The summed E-state index contributed by atoms with van der Waals surface area (Å²) < 4.78 is 15.3. The van der Waals surface area contributed by atoms with Crippen molar-refractivity contribution in [3.05, 3.63) is 91.5 Å². The van der Waals surface area contributed by atoms with Crippen LogP contribution in [0.4, 0.5) is 4.39 Å². The third-order valence-corrected chi connectivity index (χ3v) is 4.17. The van der Waals surface area contributed by atoms with Crippen LogP contribution in [-0.2, 0) is 6.54 Å². The number of carbonyl (C=O) groups excluding carboxylic acids is 1. The molecule has 28 heavy (non-hydrogen) atoms. The summed E-state index contributed by atoms with van der Waals surface area (Å²) in [6.45, 7) is 1.76. The number of benzene rings is 2. The zero-order valence-electron chi connectivity index (χ0n) is 14.9. The fraction of sp³-hybridized carbons (Fsp3) is 0.158. The van der Waals surface area contributed by atoms with Gasteiger partial charge in [0.05, 0.1) is 12.2 Å². The number of hydrogen-bond donors (Lipinski definition) is 1. The first kappa shape index (κ1) is 19.5. The third-order valence-electron chi connectivity index (χ3n) is 3.91. The van der Waals surface area contributed by atoms with E-state index in [1.54, 1.807) is 25.1 Å². The number of nitrogens with zero attached hydrogens (tertiary/aromatic N) is 3. The number of amides is 1. The Morgan fingerprint density at radius 1 is 1.18 bits per heavy atom. The highest BCUT2D eigenvalue weighted by atomic mass is 35.5. The maximum absolute atomic E-state index is 13.5. The lowest BCUT2D eigenvalue weighted by atomic mass is 10.2. The molecular formula is C19H16ClFN4O3. The van der Waals surface area contributed by atoms with Gasteiger partial charge >= 0.3 is 5.69 Å². The Hall–Kier alpha value is -3.26. The van der Waals surface area contributed by atoms with Gasteiger partial charge in [-0.15, -0.1) is 0 Å². The lowest BCUT2D eigenvalue weighted by Crippen LogP contribution is -2.46. The fourth-order valence-electron chi connectivity index (χ4n) is 2.61. The van der Waals surface area contributed by atoms with E-state index in [-0.39, 0.29) is 13.1 Å². The third kappa shape index (κ3) is 4.01. The Kier molecular flexibility index (Phi) is 5.70. The highest BCUT2D eigenvalue weighted by Gasteiger charge is 2.20. The molecule has 144 valence electrons. The topological polar surface area (TPSA) is 86.0 Å². The summed E-state index contributed by atoms with van der Waals surface area (Å²) in [5, 5.41) is 6.90. The molecule has 0 unspecified atom stereocenters. The average molecular weight is 403 g/mol. The van der Waals surface area contributed by atoms with Crippen molar-refractivity contribution in [1.82, 2.24) is 19.7 Å². The van der Waals surface area contributed by atoms with Crippen LogP contribution in [0.15, 0.2) is 58.1 Å². The van der Waals surface area contributed by atoms with Crippen molar-refractivity contribution in [1.29, 1.82) is 0 Å². The predicted octanol–water partition coefficient (Wildman–Crippen LogP) is 1.98. The number of hydrogen-bond acceptors (Lipinski definition) is 4. The summed E-state index contributed by atoms with van der Waals surface area (Å²) in [5.74, 6) is -1.20. The molecule has 0 fully saturated rings. The summed E-state index contributed by atoms with van der Waals surface area (Å²) in [4.78, 5) is 37.9. The van der Waals surface area contributed by atoms with E-state index in [1.165, 1.54) is 30.3 Å². The van der Waals surface area contributed by atoms with Gasteiger partial charge in [0.25, 0.3) is 11.5 Å². The largest absolute Gasteiger partial charge is 0.352 e. The van der Waals surface area contributed by atoms with E-state index in [0.717, 1.165) is 9.25 Å². The van der Waals surface area contributed by atoms with E-state index in [2.05, 4.69) is 10.4 Å². The highest BCUT2D eigenvalue weighted by molar-refractivity contribution is 6.30. The minimum absolute atomic E-state index is 0.210. The van der Waals surface area contributed by atoms with Crippen LogP contribution in [0, 0.1) is 5.82 Å². The van der Waals surface area contributed by atoms with Crippen LogP contribution in [0.1, 0.15) is 23.0 Å². The van der Waals surface area contributed by atoms with E-state index >= 15 is 0 Å². The number of halogens is 2. The van der Waals surface area contributed by atoms with Crippen molar-refractivity contribution in [2.75, 3.05) is 6.54 Å². The summed E-state index contributed by atoms with van der Waals surface area (Å²) in [6, 6.07) is 11.7. The molecule has 0 radical (unpaired) electrons. The quantitative estimate of drug-likeness (QED) is 0.707. The van der Waals surface area contributed by atoms with Gasteiger partial charge in [-0.1, -0.05) is 23.7 Å². The Morgan fingerprint density at radius 3 is 2.54 bits per heavy atom. The highest BCUT2D eigenvalue weighted by Crippen LogP contribution is 2.11. The van der Waals surface area contributed by atoms with Crippen LogP contribution < -0.4 is 16.6 Å². The molecule has 0 atom stereocenters. The van der Waals surface area contributed by atoms with E-state index in [1.807, 2.05) is 0 Å². The molecule has 3 rings (SSSR count). The SMILES string of the molecule is CCNC(=O)c1nn(-c2ccc(Cl)cc2)c(=O)n(Cc2cccc(F)c2)c1=O. The van der Waals surface area contributed by atoms with Gasteiger partial charge in [0.1, 0.15) is 5.82 Å². The molecule has 7 nitrogen and oxygen atoms in total. The van der Waals surface area contributed by atoms with Gasteiger partial charge in [0.2, 0.25) is 5.69 Å². The Morgan fingerprint density at radius 2 is 1.89 bits per heavy atom. The summed E-state index contributed by atoms with van der Waals surface area (Å²) in [7, 11) is 0. The molecule has 0 saturated carbocycles. The van der Waals surface area contributed by atoms with Gasteiger partial charge in [-0.05, 0) is 48.9 Å². The normalized spacial score (nSPS) is 10.7. The summed E-state index contributed by atoms with van der Waals surface area (Å²) >= 11 is 5.88. The van der Waals surface area contributed by atoms with Gasteiger partial charge in [-0.2, -0.15) is 9.78 Å². The van der Waals surface area contributed by atoms with Crippen LogP contribution in [0.2, 0.25) is 5.02 Å². The standard InChI is InChI=1S/C19H16ClFN4O3/c1-2-22-17(26)16-18(27)24(11-12-4-3-5-14(21)10-12)19(28)25(23-16)15-8-6-13(20)7-9-15/h3-10H,2,11H2,1H3,(H,22,26). The lowest BCUT2D eigenvalue weighted by Gasteiger charge is -2.12. The molecule has 0 aliphatic rings. The Bertz CT molecular complexity index is 1140. The van der Waals surface area contributed by atoms with Crippen molar-refractivity contribution in [3.8, 4) is 5.69 Å². The van der Waals surface area contributed by atoms with Crippen LogP contribution >= 0.6 is 11.6 Å². The van der Waals surface area contributed by atoms with Gasteiger partial charge in [0, 0.05) is 11.6 Å². The summed E-state index contributed by atoms with van der Waals surface area (Å²) in [6.07, 6.45) is 0. The van der Waals surface area contributed by atoms with Crippen molar-refractivity contribution in [2.24, 2.45) is 0 Å². The van der Waals surface area contributed by atoms with Gasteiger partial charge in [-0.3, -0.25) is 14.2 Å². The Labute approximate surface area is 164 Å². The smallest absolute Gasteiger partial charge is 0.351 e. The van der Waals surface area contributed by atoms with E-state index < -0.39 is 28.7 Å². The van der Waals surface area contributed by atoms with Crippen molar-refractivity contribution in [2.45, 2.75) is 13.5 Å². The molecule has 1 heterocycles. The second kappa shape index (κ2) is 8.18. The molecular weight excluding hydrogens is 387 g/mol. The molecule has 1 N–H and O–H groups in total. The molecule has 0 aliphatic carbocycles. The Balaban J connectivity index is 2.21. The molecule has 9 heteroatoms. The number of aromatic nitrogens is 3. The van der Waals surface area contributed by atoms with E-state index in [4.69, 9.17) is 11.6 Å². The minimum atomic E-state index is -0.856. The zero-order chi connectivity index (χ0) is 20.3. The van der Waals surface area contributed by atoms with Gasteiger partial charge in [0.15, 0.2) is 0 Å². The first-order valence-corrected chi connectivity index (χ1v) is 8.81.